The van der Waals surface area contributed by atoms with Gasteiger partial charge in [-0.15, -0.1) is 0 Å². The van der Waals surface area contributed by atoms with Crippen molar-refractivity contribution in [1.82, 2.24) is 0 Å². The van der Waals surface area contributed by atoms with Crippen molar-refractivity contribution in [2.75, 3.05) is 5.32 Å². The van der Waals surface area contributed by atoms with Crippen LogP contribution in [0.25, 0.3) is 10.8 Å². The van der Waals surface area contributed by atoms with E-state index in [0.29, 0.717) is 12.2 Å². The largest absolute Gasteiger partial charge is 0.481 e. The van der Waals surface area contributed by atoms with Crippen molar-refractivity contribution >= 4 is 22.4 Å². The molecule has 0 aliphatic heterocycles. The van der Waals surface area contributed by atoms with Crippen molar-refractivity contribution < 1.29 is 9.53 Å². The maximum Gasteiger partial charge on any atom is 0.265 e. The summed E-state index contributed by atoms with van der Waals surface area (Å²) in [7, 11) is 0. The van der Waals surface area contributed by atoms with Crippen molar-refractivity contribution in [2.45, 2.75) is 33.3 Å². The van der Waals surface area contributed by atoms with E-state index < -0.39 is 6.10 Å². The lowest BCUT2D eigenvalue weighted by molar-refractivity contribution is -0.122. The number of rotatable bonds is 5. The molecule has 0 heterocycles. The quantitative estimate of drug-likeness (QED) is 0.692. The van der Waals surface area contributed by atoms with Crippen molar-refractivity contribution in [3.8, 4) is 5.75 Å². The first-order chi connectivity index (χ1) is 12.1. The highest BCUT2D eigenvalue weighted by Gasteiger charge is 2.19. The number of anilines is 1. The van der Waals surface area contributed by atoms with Gasteiger partial charge in [0.15, 0.2) is 6.10 Å². The number of hydrogen-bond acceptors (Lipinski definition) is 2. The third kappa shape index (κ3) is 3.82. The van der Waals surface area contributed by atoms with Crippen LogP contribution in [0.2, 0.25) is 0 Å². The molecule has 0 saturated carbocycles. The molecular weight excluding hydrogens is 310 g/mol. The molecule has 0 bridgehead atoms. The maximum atomic E-state index is 12.6. The Hall–Kier alpha value is -2.81. The summed E-state index contributed by atoms with van der Waals surface area (Å²) < 4.78 is 5.96. The number of ether oxygens (including phenoxy) is 1. The number of aryl methyl sites for hydroxylation is 1. The van der Waals surface area contributed by atoms with Gasteiger partial charge < -0.3 is 10.1 Å². The Morgan fingerprint density at radius 1 is 1.00 bits per heavy atom. The second kappa shape index (κ2) is 7.39. The van der Waals surface area contributed by atoms with Crippen LogP contribution in [0.4, 0.5) is 5.69 Å². The Labute approximate surface area is 148 Å². The standard InChI is InChI=1S/C22H23NO2/c1-4-21(22(24)23-20-11-7-8-15(2)16(20)3)25-19-13-12-17-9-5-6-10-18(17)14-19/h5-14,21H,4H2,1-3H3,(H,23,24)/t21-/m1/s1. The van der Waals surface area contributed by atoms with Crippen LogP contribution in [0.5, 0.6) is 5.75 Å². The Kier molecular flexibility index (Phi) is 5.03. The molecule has 3 aromatic carbocycles. The van der Waals surface area contributed by atoms with E-state index in [0.717, 1.165) is 27.6 Å². The van der Waals surface area contributed by atoms with Crippen LogP contribution in [0, 0.1) is 13.8 Å². The van der Waals surface area contributed by atoms with Gasteiger partial charge in [0.2, 0.25) is 0 Å². The predicted molar refractivity (Wildman–Crippen MR) is 103 cm³/mol. The van der Waals surface area contributed by atoms with Crippen LogP contribution >= 0.6 is 0 Å². The van der Waals surface area contributed by atoms with Gasteiger partial charge >= 0.3 is 0 Å². The minimum Gasteiger partial charge on any atom is -0.481 e. The minimum absolute atomic E-state index is 0.121. The number of benzene rings is 3. The molecule has 3 heteroatoms. The van der Waals surface area contributed by atoms with E-state index in [4.69, 9.17) is 4.74 Å². The van der Waals surface area contributed by atoms with Gasteiger partial charge in [-0.2, -0.15) is 0 Å². The molecule has 3 rings (SSSR count). The van der Waals surface area contributed by atoms with E-state index in [9.17, 15) is 4.79 Å². The molecule has 1 atom stereocenters. The lowest BCUT2D eigenvalue weighted by Gasteiger charge is -2.19. The fraction of sp³-hybridized carbons (Fsp3) is 0.227. The van der Waals surface area contributed by atoms with E-state index in [2.05, 4.69) is 11.4 Å². The first-order valence-electron chi connectivity index (χ1n) is 8.61. The van der Waals surface area contributed by atoms with Crippen molar-refractivity contribution in [1.29, 1.82) is 0 Å². The molecule has 0 radical (unpaired) electrons. The average Bonchev–Trinajstić information content (AvgIpc) is 2.63. The number of carbonyl (C=O) groups is 1. The van der Waals surface area contributed by atoms with E-state index in [-0.39, 0.29) is 5.91 Å². The third-order valence-electron chi connectivity index (χ3n) is 4.52. The molecule has 3 nitrogen and oxygen atoms in total. The number of amides is 1. The van der Waals surface area contributed by atoms with Crippen LogP contribution in [0.1, 0.15) is 24.5 Å². The zero-order chi connectivity index (χ0) is 17.8. The fourth-order valence-electron chi connectivity index (χ4n) is 2.83. The molecule has 0 spiro atoms. The first-order valence-corrected chi connectivity index (χ1v) is 8.61. The van der Waals surface area contributed by atoms with Crippen LogP contribution in [-0.2, 0) is 4.79 Å². The van der Waals surface area contributed by atoms with Crippen LogP contribution in [0.15, 0.2) is 60.7 Å². The lowest BCUT2D eigenvalue weighted by atomic mass is 10.1. The van der Waals surface area contributed by atoms with E-state index in [1.807, 2.05) is 75.4 Å². The second-order valence-electron chi connectivity index (χ2n) is 6.26. The molecule has 25 heavy (non-hydrogen) atoms. The number of hydrogen-bond donors (Lipinski definition) is 1. The molecule has 1 N–H and O–H groups in total. The predicted octanol–water partition coefficient (Wildman–Crippen LogP) is 5.25. The van der Waals surface area contributed by atoms with Crippen molar-refractivity contribution in [3.63, 3.8) is 0 Å². The number of carbonyl (C=O) groups excluding carboxylic acids is 1. The zero-order valence-corrected chi connectivity index (χ0v) is 14.9. The van der Waals surface area contributed by atoms with Crippen molar-refractivity contribution in [3.05, 3.63) is 71.8 Å². The Bertz CT molecular complexity index is 901. The monoisotopic (exact) mass is 333 g/mol. The van der Waals surface area contributed by atoms with E-state index >= 15 is 0 Å². The fourth-order valence-corrected chi connectivity index (χ4v) is 2.83. The third-order valence-corrected chi connectivity index (χ3v) is 4.52. The van der Waals surface area contributed by atoms with Crippen LogP contribution in [-0.4, -0.2) is 12.0 Å². The van der Waals surface area contributed by atoms with Gasteiger partial charge in [-0.25, -0.2) is 0 Å². The maximum absolute atomic E-state index is 12.6. The summed E-state index contributed by atoms with van der Waals surface area (Å²) in [5, 5.41) is 5.25. The SMILES string of the molecule is CC[C@@H](Oc1ccc2ccccc2c1)C(=O)Nc1cccc(C)c1C. The summed E-state index contributed by atoms with van der Waals surface area (Å²) in [4.78, 5) is 12.6. The summed E-state index contributed by atoms with van der Waals surface area (Å²) in [6, 6.07) is 19.9. The Morgan fingerprint density at radius 3 is 2.52 bits per heavy atom. The number of fused-ring (bicyclic) bond motifs is 1. The van der Waals surface area contributed by atoms with Crippen LogP contribution in [0.3, 0.4) is 0 Å². The Balaban J connectivity index is 1.76. The average molecular weight is 333 g/mol. The van der Waals surface area contributed by atoms with Crippen molar-refractivity contribution in [2.24, 2.45) is 0 Å². The molecule has 128 valence electrons. The highest BCUT2D eigenvalue weighted by molar-refractivity contribution is 5.95. The molecule has 0 aliphatic rings. The molecular formula is C22H23NO2. The molecule has 0 fully saturated rings. The summed E-state index contributed by atoms with van der Waals surface area (Å²) in [6.07, 6.45) is 0.0739. The van der Waals surface area contributed by atoms with Gasteiger partial charge in [0.25, 0.3) is 5.91 Å². The van der Waals surface area contributed by atoms with E-state index in [1.165, 1.54) is 0 Å². The van der Waals surface area contributed by atoms with Gasteiger partial charge in [-0.05, 0) is 60.4 Å². The van der Waals surface area contributed by atoms with Crippen LogP contribution < -0.4 is 10.1 Å². The second-order valence-corrected chi connectivity index (χ2v) is 6.26. The normalized spacial score (nSPS) is 12.0. The topological polar surface area (TPSA) is 38.3 Å². The number of nitrogens with one attached hydrogen (secondary N) is 1. The minimum atomic E-state index is -0.527. The van der Waals surface area contributed by atoms with Gasteiger partial charge in [-0.3, -0.25) is 4.79 Å². The zero-order valence-electron chi connectivity index (χ0n) is 14.9. The lowest BCUT2D eigenvalue weighted by Crippen LogP contribution is -2.32. The Morgan fingerprint density at radius 2 is 1.76 bits per heavy atom. The highest BCUT2D eigenvalue weighted by atomic mass is 16.5. The molecule has 0 aliphatic carbocycles. The molecule has 0 saturated heterocycles. The molecule has 3 aromatic rings. The summed E-state index contributed by atoms with van der Waals surface area (Å²) in [6.45, 7) is 6.00. The molecule has 0 unspecified atom stereocenters. The van der Waals surface area contributed by atoms with Gasteiger partial charge in [0.05, 0.1) is 0 Å². The van der Waals surface area contributed by atoms with Gasteiger partial charge in [-0.1, -0.05) is 49.4 Å². The summed E-state index contributed by atoms with van der Waals surface area (Å²) >= 11 is 0. The first kappa shape index (κ1) is 17.0. The highest BCUT2D eigenvalue weighted by Crippen LogP contribution is 2.23. The summed E-state index contributed by atoms with van der Waals surface area (Å²) in [5.41, 5.74) is 3.07. The van der Waals surface area contributed by atoms with Gasteiger partial charge in [0.1, 0.15) is 5.75 Å². The molecule has 0 aromatic heterocycles. The molecule has 1 amide bonds. The van der Waals surface area contributed by atoms with Gasteiger partial charge in [0, 0.05) is 5.69 Å². The smallest absolute Gasteiger partial charge is 0.265 e. The van der Waals surface area contributed by atoms with E-state index in [1.54, 1.807) is 0 Å². The summed E-state index contributed by atoms with van der Waals surface area (Å²) in [5.74, 6) is 0.589.